The molecule has 0 aromatic rings. The first-order valence-corrected chi connectivity index (χ1v) is 4.88. The monoisotopic (exact) mass is 219 g/mol. The fraction of sp³-hybridized carbons (Fsp3) is 0.900. The molecule has 0 saturated heterocycles. The number of hydrogen-bond donors (Lipinski definition) is 2. The molecular formula is C10H21NO4. The summed E-state index contributed by atoms with van der Waals surface area (Å²) in [5.74, 6) is -0.837. The van der Waals surface area contributed by atoms with Gasteiger partial charge in [-0.25, -0.2) is 0 Å². The van der Waals surface area contributed by atoms with Crippen molar-refractivity contribution in [3.63, 3.8) is 0 Å². The highest BCUT2D eigenvalue weighted by atomic mass is 16.5. The van der Waals surface area contributed by atoms with Gasteiger partial charge in [-0.2, -0.15) is 0 Å². The van der Waals surface area contributed by atoms with Gasteiger partial charge in [0.25, 0.3) is 0 Å². The minimum atomic E-state index is -0.837. The van der Waals surface area contributed by atoms with E-state index in [1.54, 1.807) is 25.8 Å². The molecule has 0 saturated carbocycles. The normalized spacial score (nSPS) is 14.3. The van der Waals surface area contributed by atoms with Crippen LogP contribution in [0.4, 0.5) is 0 Å². The maximum Gasteiger partial charge on any atom is 0.310 e. The van der Waals surface area contributed by atoms with Crippen LogP contribution in [0.25, 0.3) is 0 Å². The van der Waals surface area contributed by atoms with Gasteiger partial charge in [0.2, 0.25) is 0 Å². The van der Waals surface area contributed by atoms with E-state index in [1.807, 2.05) is 0 Å². The molecule has 0 aliphatic carbocycles. The van der Waals surface area contributed by atoms with Crippen molar-refractivity contribution in [2.24, 2.45) is 5.41 Å². The van der Waals surface area contributed by atoms with Gasteiger partial charge in [0, 0.05) is 20.2 Å². The van der Waals surface area contributed by atoms with Gasteiger partial charge >= 0.3 is 5.97 Å². The molecule has 1 unspecified atom stereocenters. The fourth-order valence-corrected chi connectivity index (χ4v) is 1.41. The van der Waals surface area contributed by atoms with Crippen LogP contribution in [0.2, 0.25) is 0 Å². The van der Waals surface area contributed by atoms with Gasteiger partial charge in [0.05, 0.1) is 18.1 Å². The number of nitrogens with zero attached hydrogens (tertiary/aromatic N) is 1. The summed E-state index contributed by atoms with van der Waals surface area (Å²) < 4.78 is 4.79. The van der Waals surface area contributed by atoms with Crippen molar-refractivity contribution >= 4 is 5.97 Å². The summed E-state index contributed by atoms with van der Waals surface area (Å²) in [7, 11) is 3.30. The van der Waals surface area contributed by atoms with Crippen LogP contribution in [0.3, 0.4) is 0 Å². The maximum absolute atomic E-state index is 10.9. The molecule has 0 aliphatic heterocycles. The highest BCUT2D eigenvalue weighted by molar-refractivity contribution is 5.73. The molecule has 0 aliphatic rings. The van der Waals surface area contributed by atoms with Gasteiger partial charge < -0.3 is 19.8 Å². The van der Waals surface area contributed by atoms with Gasteiger partial charge in [-0.15, -0.1) is 0 Å². The summed E-state index contributed by atoms with van der Waals surface area (Å²) in [6, 6.07) is 0. The lowest BCUT2D eigenvalue weighted by Gasteiger charge is -2.27. The average Bonchev–Trinajstić information content (AvgIpc) is 2.02. The minimum absolute atomic E-state index is 0.262. The van der Waals surface area contributed by atoms with E-state index in [1.165, 1.54) is 7.11 Å². The Labute approximate surface area is 90.6 Å². The zero-order valence-electron chi connectivity index (χ0n) is 9.86. The van der Waals surface area contributed by atoms with Crippen LogP contribution in [-0.4, -0.2) is 61.0 Å². The molecule has 0 spiro atoms. The molecule has 0 amide bonds. The lowest BCUT2D eigenvalue weighted by Crippen LogP contribution is -2.41. The first kappa shape index (κ1) is 14.3. The highest BCUT2D eigenvalue weighted by Crippen LogP contribution is 2.16. The second-order valence-corrected chi connectivity index (χ2v) is 4.49. The van der Waals surface area contributed by atoms with Gasteiger partial charge in [-0.05, 0) is 20.9 Å². The van der Waals surface area contributed by atoms with Crippen molar-refractivity contribution in [3.8, 4) is 0 Å². The van der Waals surface area contributed by atoms with E-state index in [-0.39, 0.29) is 6.61 Å². The molecule has 5 heteroatoms. The summed E-state index contributed by atoms with van der Waals surface area (Å²) in [5.41, 5.74) is -0.804. The van der Waals surface area contributed by atoms with Crippen molar-refractivity contribution in [1.82, 2.24) is 4.90 Å². The fourth-order valence-electron chi connectivity index (χ4n) is 1.41. The Morgan fingerprint density at radius 3 is 2.47 bits per heavy atom. The number of carboxylic acids is 1. The van der Waals surface area contributed by atoms with E-state index in [9.17, 15) is 9.90 Å². The predicted molar refractivity (Wildman–Crippen MR) is 56.8 cm³/mol. The van der Waals surface area contributed by atoms with Crippen LogP contribution in [0, 0.1) is 5.41 Å². The van der Waals surface area contributed by atoms with Crippen LogP contribution in [0.1, 0.15) is 13.8 Å². The Morgan fingerprint density at radius 2 is 2.07 bits per heavy atom. The number of carboxylic acid groups (broad SMARTS) is 1. The molecule has 0 fully saturated rings. The molecule has 5 nitrogen and oxygen atoms in total. The van der Waals surface area contributed by atoms with Crippen molar-refractivity contribution in [2.75, 3.05) is 33.9 Å². The lowest BCUT2D eigenvalue weighted by molar-refractivity contribution is -0.148. The molecule has 0 rings (SSSR count). The number of carbonyl (C=O) groups is 1. The van der Waals surface area contributed by atoms with Crippen LogP contribution >= 0.6 is 0 Å². The van der Waals surface area contributed by atoms with Crippen molar-refractivity contribution < 1.29 is 19.7 Å². The predicted octanol–water partition coefficient (Wildman–Crippen LogP) is 0.0363. The first-order chi connectivity index (χ1) is 6.79. The van der Waals surface area contributed by atoms with E-state index < -0.39 is 17.5 Å². The average molecular weight is 219 g/mol. The summed E-state index contributed by atoms with van der Waals surface area (Å²) in [5, 5.41) is 18.4. The van der Waals surface area contributed by atoms with Crippen molar-refractivity contribution in [2.45, 2.75) is 20.0 Å². The number of hydrogen-bond acceptors (Lipinski definition) is 4. The summed E-state index contributed by atoms with van der Waals surface area (Å²) in [4.78, 5) is 12.6. The Kier molecular flexibility index (Phi) is 5.79. The largest absolute Gasteiger partial charge is 0.481 e. The van der Waals surface area contributed by atoms with Crippen molar-refractivity contribution in [3.05, 3.63) is 0 Å². The standard InChI is InChI=1S/C10H21NO4/c1-10(2,9(13)14)7-11(3)5-8(12)6-15-4/h8,12H,5-7H2,1-4H3,(H,13,14). The molecule has 0 bridgehead atoms. The second-order valence-electron chi connectivity index (χ2n) is 4.49. The molecule has 1 atom stereocenters. The lowest BCUT2D eigenvalue weighted by atomic mass is 9.93. The number of aliphatic hydroxyl groups excluding tert-OH is 1. The van der Waals surface area contributed by atoms with Gasteiger partial charge in [0.15, 0.2) is 0 Å². The number of methoxy groups -OCH3 is 1. The molecule has 0 aromatic carbocycles. The number of rotatable bonds is 7. The third kappa shape index (κ3) is 5.71. The maximum atomic E-state index is 10.9. The van der Waals surface area contributed by atoms with Crippen LogP contribution in [-0.2, 0) is 9.53 Å². The highest BCUT2D eigenvalue weighted by Gasteiger charge is 2.28. The number of aliphatic carboxylic acids is 1. The summed E-state index contributed by atoms with van der Waals surface area (Å²) in [6.07, 6.45) is -0.579. The number of aliphatic hydroxyl groups is 1. The Hall–Kier alpha value is -0.650. The van der Waals surface area contributed by atoms with Crippen molar-refractivity contribution in [1.29, 1.82) is 0 Å². The Bertz CT molecular complexity index is 206. The zero-order valence-corrected chi connectivity index (χ0v) is 9.86. The summed E-state index contributed by atoms with van der Waals surface area (Å²) in [6.45, 7) is 4.38. The van der Waals surface area contributed by atoms with Crippen LogP contribution in [0.15, 0.2) is 0 Å². The quantitative estimate of drug-likeness (QED) is 0.632. The molecule has 2 N–H and O–H groups in total. The van der Waals surface area contributed by atoms with Gasteiger partial charge in [0.1, 0.15) is 0 Å². The molecule has 15 heavy (non-hydrogen) atoms. The van der Waals surface area contributed by atoms with Crippen LogP contribution < -0.4 is 0 Å². The van der Waals surface area contributed by atoms with E-state index >= 15 is 0 Å². The summed E-state index contributed by atoms with van der Waals surface area (Å²) >= 11 is 0. The molecule has 90 valence electrons. The van der Waals surface area contributed by atoms with Crippen LogP contribution in [0.5, 0.6) is 0 Å². The smallest absolute Gasteiger partial charge is 0.310 e. The third-order valence-electron chi connectivity index (χ3n) is 2.13. The van der Waals surface area contributed by atoms with E-state index in [2.05, 4.69) is 0 Å². The third-order valence-corrected chi connectivity index (χ3v) is 2.13. The van der Waals surface area contributed by atoms with Gasteiger partial charge in [-0.3, -0.25) is 4.79 Å². The minimum Gasteiger partial charge on any atom is -0.481 e. The zero-order chi connectivity index (χ0) is 12.1. The van der Waals surface area contributed by atoms with E-state index in [4.69, 9.17) is 9.84 Å². The molecular weight excluding hydrogens is 198 g/mol. The Morgan fingerprint density at radius 1 is 1.53 bits per heavy atom. The van der Waals surface area contributed by atoms with Gasteiger partial charge in [-0.1, -0.05) is 0 Å². The SMILES string of the molecule is COCC(O)CN(C)CC(C)(C)C(=O)O. The van der Waals surface area contributed by atoms with E-state index in [0.29, 0.717) is 13.1 Å². The topological polar surface area (TPSA) is 70.0 Å². The first-order valence-electron chi connectivity index (χ1n) is 4.88. The molecule has 0 aromatic heterocycles. The number of likely N-dealkylation sites (N-methyl/N-ethyl adjacent to an activating group) is 1. The Balaban J connectivity index is 4.02. The number of ether oxygens (including phenoxy) is 1. The molecule has 0 heterocycles. The second kappa shape index (κ2) is 6.05. The van der Waals surface area contributed by atoms with E-state index in [0.717, 1.165) is 0 Å². The molecule has 0 radical (unpaired) electrons.